The van der Waals surface area contributed by atoms with Crippen molar-refractivity contribution < 1.29 is 24.2 Å². The fraction of sp³-hybridized carbons (Fsp3) is 0.667. The molecule has 40 heavy (non-hydrogen) atoms. The minimum absolute atomic E-state index is 0.0150. The number of carbonyl (C=O) groups is 2. The molecule has 0 spiro atoms. The van der Waals surface area contributed by atoms with Gasteiger partial charge in [0.05, 0.1) is 18.0 Å². The Hall–Kier alpha value is -1.80. The van der Waals surface area contributed by atoms with Crippen molar-refractivity contribution in [3.63, 3.8) is 0 Å². The summed E-state index contributed by atoms with van der Waals surface area (Å²) in [7, 11) is 0. The van der Waals surface area contributed by atoms with Crippen LogP contribution >= 0.6 is 11.8 Å². The zero-order valence-corrected chi connectivity index (χ0v) is 24.4. The summed E-state index contributed by atoms with van der Waals surface area (Å²) in [6, 6.07) is 3.88. The summed E-state index contributed by atoms with van der Waals surface area (Å²) in [4.78, 5) is 31.9. The molecule has 1 N–H and O–H groups in total. The van der Waals surface area contributed by atoms with Crippen molar-refractivity contribution in [2.45, 2.75) is 101 Å². The molecular formula is C33H41NO5S. The van der Waals surface area contributed by atoms with Crippen molar-refractivity contribution in [3.05, 3.63) is 48.3 Å². The van der Waals surface area contributed by atoms with E-state index < -0.39 is 17.1 Å². The Labute approximate surface area is 241 Å². The highest BCUT2D eigenvalue weighted by Crippen LogP contribution is 2.70. The predicted molar refractivity (Wildman–Crippen MR) is 152 cm³/mol. The number of aromatic nitrogens is 1. The largest absolute Gasteiger partial charge is 0.393 e. The van der Waals surface area contributed by atoms with Gasteiger partial charge in [-0.15, -0.1) is 11.8 Å². The number of hydrogen-bond donors (Lipinski definition) is 1. The number of allylic oxidation sites excluding steroid dienone is 4. The Balaban J connectivity index is 1.24. The molecule has 0 radical (unpaired) electrons. The lowest BCUT2D eigenvalue weighted by Crippen LogP contribution is -2.63. The van der Waals surface area contributed by atoms with Gasteiger partial charge in [0.2, 0.25) is 0 Å². The monoisotopic (exact) mass is 563 g/mol. The molecule has 0 aromatic carbocycles. The number of nitrogens with zero attached hydrogens (tertiary/aromatic N) is 1. The van der Waals surface area contributed by atoms with Gasteiger partial charge in [0.1, 0.15) is 0 Å². The maximum atomic E-state index is 14.5. The van der Waals surface area contributed by atoms with Crippen molar-refractivity contribution in [2.24, 2.45) is 34.5 Å². The van der Waals surface area contributed by atoms with Crippen LogP contribution in [0.15, 0.2) is 53.2 Å². The molecule has 0 unspecified atom stereocenters. The molecule has 7 heteroatoms. The second-order valence-corrected chi connectivity index (χ2v) is 14.6. The molecule has 214 valence electrons. The van der Waals surface area contributed by atoms with Crippen molar-refractivity contribution >= 4 is 23.3 Å². The molecule has 6 nitrogen and oxygen atoms in total. The molecule has 1 saturated heterocycles. The fourth-order valence-corrected chi connectivity index (χ4v) is 10.7. The van der Waals surface area contributed by atoms with Gasteiger partial charge in [-0.3, -0.25) is 14.6 Å². The number of hydrogen-bond acceptors (Lipinski definition) is 7. The van der Waals surface area contributed by atoms with Gasteiger partial charge in [-0.1, -0.05) is 44.8 Å². The highest BCUT2D eigenvalue weighted by Gasteiger charge is 2.76. The van der Waals surface area contributed by atoms with Crippen molar-refractivity contribution in [3.8, 4) is 0 Å². The van der Waals surface area contributed by atoms with E-state index in [2.05, 4.69) is 18.8 Å². The van der Waals surface area contributed by atoms with Crippen molar-refractivity contribution in [1.82, 2.24) is 4.98 Å². The van der Waals surface area contributed by atoms with Crippen LogP contribution in [0.1, 0.15) is 71.6 Å². The molecule has 5 aliphatic carbocycles. The molecule has 0 amide bonds. The first-order valence-corrected chi connectivity index (χ1v) is 16.3. The highest BCUT2D eigenvalue weighted by atomic mass is 32.2. The van der Waals surface area contributed by atoms with Crippen LogP contribution in [-0.2, 0) is 19.1 Å². The average molecular weight is 564 g/mol. The number of pyridine rings is 1. The smallest absolute Gasteiger partial charge is 0.178 e. The van der Waals surface area contributed by atoms with Gasteiger partial charge in [-0.25, -0.2) is 0 Å². The third-order valence-electron chi connectivity index (χ3n) is 11.7. The van der Waals surface area contributed by atoms with Gasteiger partial charge in [-0.2, -0.15) is 0 Å². The number of aliphatic hydroxyl groups is 1. The van der Waals surface area contributed by atoms with E-state index in [0.717, 1.165) is 42.6 Å². The van der Waals surface area contributed by atoms with Crippen LogP contribution in [0, 0.1) is 34.5 Å². The molecule has 6 aliphatic rings. The molecule has 1 aromatic rings. The summed E-state index contributed by atoms with van der Waals surface area (Å²) in [6.45, 7) is 4.41. The van der Waals surface area contributed by atoms with Crippen LogP contribution in [0.5, 0.6) is 0 Å². The van der Waals surface area contributed by atoms with E-state index in [4.69, 9.17) is 9.47 Å². The number of ketones is 2. The second-order valence-electron chi connectivity index (χ2n) is 13.6. The van der Waals surface area contributed by atoms with E-state index in [-0.39, 0.29) is 47.1 Å². The Morgan fingerprint density at radius 1 is 1.15 bits per heavy atom. The Kier molecular flexibility index (Phi) is 6.69. The van der Waals surface area contributed by atoms with Crippen LogP contribution < -0.4 is 0 Å². The summed E-state index contributed by atoms with van der Waals surface area (Å²) in [5.41, 5.74) is -0.771. The zero-order valence-electron chi connectivity index (χ0n) is 23.6. The molecule has 1 aliphatic heterocycles. The molecule has 4 saturated carbocycles. The zero-order chi connectivity index (χ0) is 27.7. The molecule has 2 heterocycles. The van der Waals surface area contributed by atoms with E-state index >= 15 is 0 Å². The maximum absolute atomic E-state index is 14.5. The molecular weight excluding hydrogens is 522 g/mol. The SMILES string of the molecule is C[C@]12C=CC(=O)C=C1CC[C@@H]1[C@@H]2[C@@H](O)C[C@@]2(C)[C@H]1C[C@@H]1O[C@@H](C3CCCCC3)O[C@]12C(=O)CSc1ccncc1. The Morgan fingerprint density at radius 2 is 1.93 bits per heavy atom. The average Bonchev–Trinajstić information content (AvgIpc) is 3.46. The normalized spacial score (nSPS) is 44.4. The maximum Gasteiger partial charge on any atom is 0.178 e. The first-order valence-electron chi connectivity index (χ1n) is 15.3. The van der Waals surface area contributed by atoms with Gasteiger partial charge in [-0.05, 0) is 74.6 Å². The Bertz CT molecular complexity index is 1240. The number of ether oxygens (including phenoxy) is 2. The number of fused-ring (bicyclic) bond motifs is 7. The van der Waals surface area contributed by atoms with Crippen LogP contribution in [0.4, 0.5) is 0 Å². The van der Waals surface area contributed by atoms with E-state index in [9.17, 15) is 14.7 Å². The number of carbonyl (C=O) groups excluding carboxylic acids is 2. The quantitative estimate of drug-likeness (QED) is 0.461. The Morgan fingerprint density at radius 3 is 2.70 bits per heavy atom. The van der Waals surface area contributed by atoms with Crippen molar-refractivity contribution in [1.29, 1.82) is 0 Å². The van der Waals surface area contributed by atoms with E-state index in [0.29, 0.717) is 18.1 Å². The van der Waals surface area contributed by atoms with E-state index in [1.165, 1.54) is 31.0 Å². The third-order valence-corrected chi connectivity index (χ3v) is 12.7. The number of rotatable bonds is 5. The third kappa shape index (κ3) is 3.90. The highest BCUT2D eigenvalue weighted by molar-refractivity contribution is 8.00. The van der Waals surface area contributed by atoms with E-state index in [1.807, 2.05) is 18.2 Å². The van der Waals surface area contributed by atoms with Crippen molar-refractivity contribution in [2.75, 3.05) is 5.75 Å². The van der Waals surface area contributed by atoms with Crippen LogP contribution in [-0.4, -0.2) is 51.5 Å². The first kappa shape index (κ1) is 27.1. The van der Waals surface area contributed by atoms with Gasteiger partial charge in [0, 0.05) is 40.0 Å². The topological polar surface area (TPSA) is 85.7 Å². The van der Waals surface area contributed by atoms with E-state index in [1.54, 1.807) is 24.5 Å². The first-order chi connectivity index (χ1) is 19.3. The van der Waals surface area contributed by atoms with Gasteiger partial charge >= 0.3 is 0 Å². The number of aliphatic hydroxyl groups excluding tert-OH is 1. The summed E-state index contributed by atoms with van der Waals surface area (Å²) < 4.78 is 13.8. The fourth-order valence-electron chi connectivity index (χ4n) is 9.90. The van der Waals surface area contributed by atoms with Crippen LogP contribution in [0.3, 0.4) is 0 Å². The standard InChI is InChI=1S/C33H41NO5S/c1-31-13-10-22(35)16-21(31)8-9-24-25-17-28-33(32(25,2)18-26(36)29(24)31,27(37)19-40-23-11-14-34-15-12-23)39-30(38-28)20-6-4-3-5-7-20/h10-16,20,24-26,28-30,36H,3-9,17-19H2,1-2H3/t24-,25-,26-,28-,29+,30+,31-,32-,33+/m0/s1. The molecule has 7 rings (SSSR count). The summed E-state index contributed by atoms with van der Waals surface area (Å²) >= 11 is 1.54. The van der Waals surface area contributed by atoms with Gasteiger partial charge < -0.3 is 14.6 Å². The molecule has 5 fully saturated rings. The lowest BCUT2D eigenvalue weighted by Gasteiger charge is -2.59. The minimum atomic E-state index is -1.05. The summed E-state index contributed by atoms with van der Waals surface area (Å²) in [5.74, 6) is 1.23. The predicted octanol–water partition coefficient (Wildman–Crippen LogP) is 5.69. The lowest BCUT2D eigenvalue weighted by atomic mass is 9.46. The van der Waals surface area contributed by atoms with Gasteiger partial charge in [0.25, 0.3) is 0 Å². The molecule has 0 bridgehead atoms. The lowest BCUT2D eigenvalue weighted by molar-refractivity contribution is -0.207. The number of Topliss-reactive ketones (excluding diaryl/α,β-unsaturated/α-hetero) is 1. The molecule has 1 aromatic heterocycles. The van der Waals surface area contributed by atoms with Crippen LogP contribution in [0.25, 0.3) is 0 Å². The van der Waals surface area contributed by atoms with Gasteiger partial charge in [0.15, 0.2) is 23.5 Å². The molecule has 9 atom stereocenters. The number of thioether (sulfide) groups is 1. The summed E-state index contributed by atoms with van der Waals surface area (Å²) in [6.07, 6.45) is 16.6. The second kappa shape index (κ2) is 9.89. The van der Waals surface area contributed by atoms with Crippen LogP contribution in [0.2, 0.25) is 0 Å². The minimum Gasteiger partial charge on any atom is -0.393 e. The summed E-state index contributed by atoms with van der Waals surface area (Å²) in [5, 5.41) is 12.0.